The summed E-state index contributed by atoms with van der Waals surface area (Å²) in [7, 11) is 0. The Kier molecular flexibility index (Phi) is 3.77. The van der Waals surface area contributed by atoms with Gasteiger partial charge in [0.2, 0.25) is 0 Å². The van der Waals surface area contributed by atoms with Crippen LogP contribution in [-0.4, -0.2) is 11.0 Å². The number of hydrogen-bond donors (Lipinski definition) is 1. The molecule has 0 radical (unpaired) electrons. The molecular formula is C17H25N3. The van der Waals surface area contributed by atoms with E-state index in [0.29, 0.717) is 22.4 Å². The first-order valence-corrected chi connectivity index (χ1v) is 7.34. The van der Waals surface area contributed by atoms with Crippen LogP contribution in [0.5, 0.6) is 0 Å². The van der Waals surface area contributed by atoms with E-state index < -0.39 is 0 Å². The highest BCUT2D eigenvalue weighted by atomic mass is 15.0. The van der Waals surface area contributed by atoms with Crippen LogP contribution in [0.25, 0.3) is 0 Å². The van der Waals surface area contributed by atoms with Crippen LogP contribution < -0.4 is 5.32 Å². The molecular weight excluding hydrogens is 246 g/mol. The normalized spacial score (nSPS) is 21.2. The van der Waals surface area contributed by atoms with Crippen LogP contribution in [0.15, 0.2) is 12.1 Å². The van der Waals surface area contributed by atoms with Gasteiger partial charge in [-0.25, -0.2) is 4.98 Å². The molecule has 1 heterocycles. The second-order valence-electron chi connectivity index (χ2n) is 7.75. The molecule has 1 aliphatic carbocycles. The Labute approximate surface area is 122 Å². The molecule has 2 rings (SSSR count). The van der Waals surface area contributed by atoms with Crippen LogP contribution in [-0.2, 0) is 0 Å². The van der Waals surface area contributed by atoms with Gasteiger partial charge in [0.15, 0.2) is 0 Å². The molecule has 1 aromatic heterocycles. The van der Waals surface area contributed by atoms with Gasteiger partial charge in [-0.2, -0.15) is 5.26 Å². The molecule has 0 unspecified atom stereocenters. The minimum absolute atomic E-state index is 0.349. The van der Waals surface area contributed by atoms with Gasteiger partial charge in [-0.15, -0.1) is 0 Å². The van der Waals surface area contributed by atoms with Crippen molar-refractivity contribution in [2.45, 2.75) is 59.9 Å². The highest BCUT2D eigenvalue weighted by molar-refractivity contribution is 5.45. The smallest absolute Gasteiger partial charge is 0.127 e. The van der Waals surface area contributed by atoms with Gasteiger partial charge in [-0.3, -0.25) is 0 Å². The molecule has 0 spiro atoms. The molecule has 20 heavy (non-hydrogen) atoms. The fraction of sp³-hybridized carbons (Fsp3) is 0.647. The molecule has 0 saturated heterocycles. The summed E-state index contributed by atoms with van der Waals surface area (Å²) in [5.41, 5.74) is 2.26. The highest BCUT2D eigenvalue weighted by Crippen LogP contribution is 2.46. The van der Waals surface area contributed by atoms with Crippen molar-refractivity contribution in [2.75, 3.05) is 5.32 Å². The van der Waals surface area contributed by atoms with E-state index >= 15 is 0 Å². The van der Waals surface area contributed by atoms with Gasteiger partial charge in [0.1, 0.15) is 5.82 Å². The minimum Gasteiger partial charge on any atom is -0.367 e. The minimum atomic E-state index is 0.349. The van der Waals surface area contributed by atoms with E-state index in [1.54, 1.807) is 0 Å². The Balaban J connectivity index is 2.17. The fourth-order valence-electron chi connectivity index (χ4n) is 3.96. The molecule has 0 aliphatic heterocycles. The zero-order valence-corrected chi connectivity index (χ0v) is 13.2. The van der Waals surface area contributed by atoms with Crippen molar-refractivity contribution in [3.63, 3.8) is 0 Å². The number of hydrogen-bond acceptors (Lipinski definition) is 3. The second-order valence-corrected chi connectivity index (χ2v) is 7.75. The molecule has 1 N–H and O–H groups in total. The van der Waals surface area contributed by atoms with Crippen molar-refractivity contribution >= 4 is 5.82 Å². The number of anilines is 1. The first-order valence-electron chi connectivity index (χ1n) is 7.34. The molecule has 3 nitrogen and oxygen atoms in total. The molecule has 0 aromatic carbocycles. The van der Waals surface area contributed by atoms with Gasteiger partial charge in [0, 0.05) is 11.7 Å². The summed E-state index contributed by atoms with van der Waals surface area (Å²) >= 11 is 0. The summed E-state index contributed by atoms with van der Waals surface area (Å²) < 4.78 is 0. The summed E-state index contributed by atoms with van der Waals surface area (Å²) in [6.07, 6.45) is 3.55. The zero-order chi connectivity index (χ0) is 15.0. The Morgan fingerprint density at radius 1 is 1.20 bits per heavy atom. The van der Waals surface area contributed by atoms with Crippen molar-refractivity contribution in [1.82, 2.24) is 4.98 Å². The molecule has 0 atom stereocenters. The van der Waals surface area contributed by atoms with E-state index in [0.717, 1.165) is 24.4 Å². The molecule has 0 bridgehead atoms. The number of nitrogens with one attached hydrogen (secondary N) is 1. The summed E-state index contributed by atoms with van der Waals surface area (Å²) in [5.74, 6) is 0.833. The van der Waals surface area contributed by atoms with Gasteiger partial charge in [0.25, 0.3) is 0 Å². The topological polar surface area (TPSA) is 48.7 Å². The summed E-state index contributed by atoms with van der Waals surface area (Å²) in [5, 5.41) is 12.6. The van der Waals surface area contributed by atoms with Crippen molar-refractivity contribution in [3.05, 3.63) is 23.4 Å². The van der Waals surface area contributed by atoms with Crippen molar-refractivity contribution < 1.29 is 0 Å². The van der Waals surface area contributed by atoms with Crippen LogP contribution in [0, 0.1) is 29.1 Å². The van der Waals surface area contributed by atoms with Gasteiger partial charge >= 0.3 is 0 Å². The van der Waals surface area contributed by atoms with Crippen LogP contribution in [0.3, 0.4) is 0 Å². The van der Waals surface area contributed by atoms with Crippen molar-refractivity contribution in [2.24, 2.45) is 10.8 Å². The number of aromatic nitrogens is 1. The number of rotatable bonds is 2. The first-order chi connectivity index (χ1) is 9.19. The molecule has 1 saturated carbocycles. The molecule has 1 aromatic rings. The monoisotopic (exact) mass is 271 g/mol. The molecule has 1 fully saturated rings. The number of pyridine rings is 1. The van der Waals surface area contributed by atoms with Gasteiger partial charge in [0.05, 0.1) is 11.6 Å². The second kappa shape index (κ2) is 5.09. The van der Waals surface area contributed by atoms with Crippen LogP contribution in [0.1, 0.15) is 58.2 Å². The zero-order valence-electron chi connectivity index (χ0n) is 13.2. The van der Waals surface area contributed by atoms with Gasteiger partial charge in [-0.1, -0.05) is 27.7 Å². The lowest BCUT2D eigenvalue weighted by atomic mass is 9.63. The average molecular weight is 271 g/mol. The Bertz CT molecular complexity index is 522. The lowest BCUT2D eigenvalue weighted by Gasteiger charge is -2.45. The van der Waals surface area contributed by atoms with E-state index in [-0.39, 0.29) is 0 Å². The summed E-state index contributed by atoms with van der Waals surface area (Å²) in [4.78, 5) is 4.51. The quantitative estimate of drug-likeness (QED) is 0.873. The molecule has 1 aliphatic rings. The predicted octanol–water partition coefficient (Wildman–Crippen LogP) is 4.28. The van der Waals surface area contributed by atoms with E-state index in [4.69, 9.17) is 5.26 Å². The highest BCUT2D eigenvalue weighted by Gasteiger charge is 2.38. The maximum Gasteiger partial charge on any atom is 0.127 e. The first kappa shape index (κ1) is 14.8. The standard InChI is InChI=1S/C17H25N3/c1-12-6-13(10-18)7-15(19-12)20-14-8-16(2,3)11-17(4,5)9-14/h6-7,14H,8-9,11H2,1-5H3,(H,19,20). The van der Waals surface area contributed by atoms with Crippen molar-refractivity contribution in [1.29, 1.82) is 5.26 Å². The summed E-state index contributed by atoms with van der Waals surface area (Å²) in [6, 6.07) is 6.29. The SMILES string of the molecule is Cc1cc(C#N)cc(NC2CC(C)(C)CC(C)(C)C2)n1. The third-order valence-corrected chi connectivity index (χ3v) is 3.99. The number of nitrogens with zero attached hydrogens (tertiary/aromatic N) is 2. The van der Waals surface area contributed by atoms with Gasteiger partial charge in [-0.05, 0) is 49.1 Å². The molecule has 0 amide bonds. The third-order valence-electron chi connectivity index (χ3n) is 3.99. The third kappa shape index (κ3) is 3.72. The lowest BCUT2D eigenvalue weighted by Crippen LogP contribution is -2.40. The van der Waals surface area contributed by atoms with E-state index in [9.17, 15) is 0 Å². The van der Waals surface area contributed by atoms with Crippen LogP contribution in [0.4, 0.5) is 5.82 Å². The maximum absolute atomic E-state index is 9.05. The largest absolute Gasteiger partial charge is 0.367 e. The average Bonchev–Trinajstić information content (AvgIpc) is 2.23. The maximum atomic E-state index is 9.05. The Morgan fingerprint density at radius 3 is 2.35 bits per heavy atom. The molecule has 3 heteroatoms. The number of aryl methyl sites for hydroxylation is 1. The van der Waals surface area contributed by atoms with Crippen LogP contribution >= 0.6 is 0 Å². The lowest BCUT2D eigenvalue weighted by molar-refractivity contribution is 0.105. The Morgan fingerprint density at radius 2 is 1.80 bits per heavy atom. The van der Waals surface area contributed by atoms with Crippen LogP contribution in [0.2, 0.25) is 0 Å². The van der Waals surface area contributed by atoms with E-state index in [1.165, 1.54) is 6.42 Å². The molecule has 108 valence electrons. The summed E-state index contributed by atoms with van der Waals surface area (Å²) in [6.45, 7) is 11.3. The van der Waals surface area contributed by atoms with Crippen molar-refractivity contribution in [3.8, 4) is 6.07 Å². The predicted molar refractivity (Wildman–Crippen MR) is 82.5 cm³/mol. The van der Waals surface area contributed by atoms with E-state index in [2.05, 4.69) is 44.1 Å². The Hall–Kier alpha value is -1.56. The fourth-order valence-corrected chi connectivity index (χ4v) is 3.96. The van der Waals surface area contributed by atoms with E-state index in [1.807, 2.05) is 19.1 Å². The van der Waals surface area contributed by atoms with Gasteiger partial charge < -0.3 is 5.32 Å². The number of nitriles is 1.